The molecular weight excluding hydrogens is 510 g/mol. The van der Waals surface area contributed by atoms with Gasteiger partial charge in [0, 0.05) is 39.3 Å². The van der Waals surface area contributed by atoms with E-state index in [0.717, 1.165) is 5.56 Å². The number of carbonyl (C=O) groups is 3. The van der Waals surface area contributed by atoms with Gasteiger partial charge in [0.2, 0.25) is 0 Å². The average molecular weight is 542 g/mol. The van der Waals surface area contributed by atoms with E-state index in [0.29, 0.717) is 56.1 Å². The van der Waals surface area contributed by atoms with Crippen LogP contribution in [0.1, 0.15) is 23.4 Å². The quantitative estimate of drug-likeness (QED) is 0.300. The Kier molecular flexibility index (Phi) is 11.0. The minimum atomic E-state index is -1.00. The van der Waals surface area contributed by atoms with Crippen LogP contribution in [-0.2, 0) is 33.9 Å². The molecule has 11 nitrogen and oxygen atoms in total. The van der Waals surface area contributed by atoms with Gasteiger partial charge in [0.15, 0.2) is 0 Å². The molecule has 0 saturated heterocycles. The molecule has 3 N–H and O–H groups in total. The summed E-state index contributed by atoms with van der Waals surface area (Å²) in [4.78, 5) is 49.1. The third-order valence-electron chi connectivity index (χ3n) is 6.31. The van der Waals surface area contributed by atoms with Crippen LogP contribution in [0.2, 0.25) is 0 Å². The van der Waals surface area contributed by atoms with Gasteiger partial charge in [-0.3, -0.25) is 34.1 Å². The summed E-state index contributed by atoms with van der Waals surface area (Å²) >= 11 is 4.63. The normalized spacial score (nSPS) is 16.4. The van der Waals surface area contributed by atoms with Crippen LogP contribution in [-0.4, -0.2) is 103 Å². The zero-order valence-corrected chi connectivity index (χ0v) is 21.7. The van der Waals surface area contributed by atoms with Gasteiger partial charge < -0.3 is 15.3 Å². The summed E-state index contributed by atoms with van der Waals surface area (Å²) in [5.41, 5.74) is 2.96. The Balaban J connectivity index is 1.84. The van der Waals surface area contributed by atoms with Crippen LogP contribution in [0.5, 0.6) is 0 Å². The van der Waals surface area contributed by atoms with Crippen LogP contribution in [0, 0.1) is 0 Å². The van der Waals surface area contributed by atoms with Crippen molar-refractivity contribution in [2.45, 2.75) is 32.0 Å². The number of hydrogen-bond donors (Lipinski definition) is 3. The molecule has 0 aliphatic carbocycles. The number of hydrogen-bond acceptors (Lipinski definition) is 9. The lowest BCUT2D eigenvalue weighted by atomic mass is 10.0. The molecule has 1 unspecified atom stereocenters. The second kappa shape index (κ2) is 14.4. The van der Waals surface area contributed by atoms with Gasteiger partial charge in [-0.05, 0) is 54.9 Å². The smallest absolute Gasteiger partial charge is 0.320 e. The lowest BCUT2D eigenvalue weighted by Crippen LogP contribution is -2.47. The first-order chi connectivity index (χ1) is 18.2. The topological polar surface area (TPSA) is 147 Å². The fraction of sp³-hybridized carbons (Fsp3) is 0.423. The molecule has 1 aromatic heterocycles. The fourth-order valence-electron chi connectivity index (χ4n) is 4.46. The number of isothiocyanates is 1. The number of fused-ring (bicyclic) bond motifs is 2. The monoisotopic (exact) mass is 541 g/mol. The number of carboxylic acid groups (broad SMARTS) is 3. The summed E-state index contributed by atoms with van der Waals surface area (Å²) in [6.07, 6.45) is 0.863. The minimum absolute atomic E-state index is 0.196. The van der Waals surface area contributed by atoms with Gasteiger partial charge in [0.25, 0.3) is 0 Å². The van der Waals surface area contributed by atoms with Crippen molar-refractivity contribution in [2.75, 3.05) is 39.3 Å². The Labute approximate surface area is 226 Å². The number of carboxylic acids is 3. The molecule has 1 aromatic carbocycles. The lowest BCUT2D eigenvalue weighted by molar-refractivity contribution is -0.144. The van der Waals surface area contributed by atoms with Crippen LogP contribution in [0.25, 0.3) is 0 Å². The van der Waals surface area contributed by atoms with Crippen LogP contribution in [0.3, 0.4) is 0 Å². The Hall–Kier alpha value is -3.54. The highest BCUT2D eigenvalue weighted by atomic mass is 32.1. The zero-order chi connectivity index (χ0) is 27.5. The number of nitrogens with zero attached hydrogens (tertiary/aromatic N) is 5. The number of aromatic nitrogens is 1. The standard InChI is InChI=1S/C26H31N5O6S/c32-24(33)16-29-10-11-30(17-25(34)35)14-21-2-1-3-22(28-21)15-31(13-12-29)23(26(36)37)9-6-19-4-7-20(8-5-19)27-18-38/h1-5,7-8,23H,6,9-17H2,(H,32,33)(H,34,35)(H,36,37). The fourth-order valence-corrected chi connectivity index (χ4v) is 4.57. The number of aryl methyl sites for hydroxylation is 1. The highest BCUT2D eigenvalue weighted by Gasteiger charge is 2.27. The second-order valence-electron chi connectivity index (χ2n) is 9.13. The van der Waals surface area contributed by atoms with Crippen molar-refractivity contribution in [3.8, 4) is 0 Å². The van der Waals surface area contributed by atoms with Gasteiger partial charge in [-0.1, -0.05) is 18.2 Å². The van der Waals surface area contributed by atoms with Gasteiger partial charge in [-0.2, -0.15) is 4.99 Å². The average Bonchev–Trinajstić information content (AvgIpc) is 2.85. The van der Waals surface area contributed by atoms with Gasteiger partial charge in [-0.15, -0.1) is 0 Å². The number of thiocarbonyl (C=S) groups is 1. The summed E-state index contributed by atoms with van der Waals surface area (Å²) in [6, 6.07) is 12.0. The van der Waals surface area contributed by atoms with E-state index >= 15 is 0 Å². The molecular formula is C26H31N5O6S. The van der Waals surface area contributed by atoms with E-state index in [4.69, 9.17) is 0 Å². The van der Waals surface area contributed by atoms with E-state index in [1.165, 1.54) is 0 Å². The number of aliphatic carboxylic acids is 3. The van der Waals surface area contributed by atoms with Crippen molar-refractivity contribution in [3.63, 3.8) is 0 Å². The molecule has 2 aromatic rings. The first-order valence-electron chi connectivity index (χ1n) is 12.2. The molecule has 2 heterocycles. The third-order valence-corrected chi connectivity index (χ3v) is 6.40. The molecule has 0 saturated carbocycles. The van der Waals surface area contributed by atoms with Gasteiger partial charge in [0.1, 0.15) is 6.04 Å². The summed E-state index contributed by atoms with van der Waals surface area (Å²) in [5, 5.41) is 31.2. The van der Waals surface area contributed by atoms with Crippen molar-refractivity contribution in [3.05, 3.63) is 59.4 Å². The molecule has 1 aliphatic rings. The van der Waals surface area contributed by atoms with Crippen LogP contribution < -0.4 is 0 Å². The highest BCUT2D eigenvalue weighted by molar-refractivity contribution is 7.78. The van der Waals surface area contributed by atoms with Crippen LogP contribution in [0.15, 0.2) is 47.5 Å². The highest BCUT2D eigenvalue weighted by Crippen LogP contribution is 2.18. The summed E-state index contributed by atoms with van der Waals surface area (Å²) < 4.78 is 0. The summed E-state index contributed by atoms with van der Waals surface area (Å²) in [5.74, 6) is -2.95. The van der Waals surface area contributed by atoms with Gasteiger partial charge >= 0.3 is 17.9 Å². The van der Waals surface area contributed by atoms with Crippen LogP contribution in [0.4, 0.5) is 5.69 Å². The summed E-state index contributed by atoms with van der Waals surface area (Å²) in [6.45, 7) is 1.38. The van der Waals surface area contributed by atoms with Crippen LogP contribution >= 0.6 is 12.2 Å². The molecule has 1 aliphatic heterocycles. The van der Waals surface area contributed by atoms with Crippen molar-refractivity contribution in [2.24, 2.45) is 4.99 Å². The van der Waals surface area contributed by atoms with E-state index < -0.39 is 23.9 Å². The summed E-state index contributed by atoms with van der Waals surface area (Å²) in [7, 11) is 0. The largest absolute Gasteiger partial charge is 0.480 e. The predicted octanol–water partition coefficient (Wildman–Crippen LogP) is 1.99. The molecule has 3 rings (SSSR count). The Bertz CT molecular complexity index is 1170. The molecule has 0 radical (unpaired) electrons. The van der Waals surface area contributed by atoms with Crippen molar-refractivity contribution in [1.82, 2.24) is 19.7 Å². The van der Waals surface area contributed by atoms with Gasteiger partial charge in [0.05, 0.1) is 35.3 Å². The lowest BCUT2D eigenvalue weighted by Gasteiger charge is -2.33. The number of benzene rings is 1. The number of pyridine rings is 1. The van der Waals surface area contributed by atoms with Gasteiger partial charge in [-0.25, -0.2) is 0 Å². The van der Waals surface area contributed by atoms with E-state index in [1.54, 1.807) is 28.0 Å². The Morgan fingerprint density at radius 3 is 2.13 bits per heavy atom. The zero-order valence-electron chi connectivity index (χ0n) is 20.9. The Morgan fingerprint density at radius 1 is 0.895 bits per heavy atom. The molecule has 38 heavy (non-hydrogen) atoms. The maximum Gasteiger partial charge on any atom is 0.320 e. The van der Waals surface area contributed by atoms with E-state index in [9.17, 15) is 29.7 Å². The van der Waals surface area contributed by atoms with E-state index in [1.807, 2.05) is 29.2 Å². The SMILES string of the molecule is O=C(O)CN1CCN(CC(=O)O)Cc2cccc(n2)CN(C(CCc2ccc(N=C=S)cc2)C(=O)O)CC1. The first kappa shape index (κ1) is 29.0. The van der Waals surface area contributed by atoms with Crippen molar-refractivity contribution < 1.29 is 29.7 Å². The molecule has 0 fully saturated rings. The third kappa shape index (κ3) is 9.40. The molecule has 202 valence electrons. The molecule has 12 heteroatoms. The maximum atomic E-state index is 12.4. The van der Waals surface area contributed by atoms with E-state index in [2.05, 4.69) is 27.4 Å². The molecule has 0 amide bonds. The predicted molar refractivity (Wildman–Crippen MR) is 143 cm³/mol. The second-order valence-corrected chi connectivity index (χ2v) is 9.31. The maximum absolute atomic E-state index is 12.4. The molecule has 0 spiro atoms. The first-order valence-corrected chi connectivity index (χ1v) is 12.6. The molecule has 2 bridgehead atoms. The van der Waals surface area contributed by atoms with Crippen molar-refractivity contribution >= 4 is 41.0 Å². The minimum Gasteiger partial charge on any atom is -0.480 e. The van der Waals surface area contributed by atoms with E-state index in [-0.39, 0.29) is 26.2 Å². The number of aliphatic imine (C=N–C) groups is 1. The van der Waals surface area contributed by atoms with Crippen molar-refractivity contribution in [1.29, 1.82) is 0 Å². The number of rotatable bonds is 10. The Morgan fingerprint density at radius 2 is 1.50 bits per heavy atom. The molecule has 1 atom stereocenters.